The number of carbonyl (C=O) groups excluding carboxylic acids is 1. The minimum absolute atomic E-state index is 0.0103. The van der Waals surface area contributed by atoms with Gasteiger partial charge in [-0.2, -0.15) is 0 Å². The zero-order valence-corrected chi connectivity index (χ0v) is 11.8. The monoisotopic (exact) mass is 262 g/mol. The standard InChI is InChI=1S/C15H22N2O2/c1-10-6-4-7-11(2)17(10)15(18)12-8-5-9-13(19-3)14(12)16/h5,8-11H,4,6-7,16H2,1-3H3/t10-,11+. The molecule has 0 aliphatic carbocycles. The summed E-state index contributed by atoms with van der Waals surface area (Å²) in [6.07, 6.45) is 3.29. The second-order valence-corrected chi connectivity index (χ2v) is 5.26. The van der Waals surface area contributed by atoms with Crippen LogP contribution in [0.4, 0.5) is 5.69 Å². The Hall–Kier alpha value is -1.71. The van der Waals surface area contributed by atoms with E-state index in [0.29, 0.717) is 17.0 Å². The van der Waals surface area contributed by atoms with Gasteiger partial charge >= 0.3 is 0 Å². The lowest BCUT2D eigenvalue weighted by molar-refractivity contribution is 0.0511. The zero-order valence-electron chi connectivity index (χ0n) is 11.8. The SMILES string of the molecule is COc1cccc(C(=O)N2[C@H](C)CCC[C@@H]2C)c1N. The van der Waals surface area contributed by atoms with Gasteiger partial charge in [0.15, 0.2) is 0 Å². The van der Waals surface area contributed by atoms with Gasteiger partial charge in [-0.25, -0.2) is 0 Å². The molecule has 1 aromatic rings. The highest BCUT2D eigenvalue weighted by Gasteiger charge is 2.30. The van der Waals surface area contributed by atoms with E-state index in [1.165, 1.54) is 6.42 Å². The second kappa shape index (κ2) is 5.51. The van der Waals surface area contributed by atoms with Crippen LogP contribution in [0, 0.1) is 0 Å². The Bertz CT molecular complexity index is 463. The van der Waals surface area contributed by atoms with Gasteiger partial charge in [0.2, 0.25) is 0 Å². The Kier molecular flexibility index (Phi) is 3.98. The van der Waals surface area contributed by atoms with Crippen molar-refractivity contribution in [2.45, 2.75) is 45.2 Å². The first-order chi connectivity index (χ1) is 9.06. The number of nitrogen functional groups attached to an aromatic ring is 1. The number of likely N-dealkylation sites (tertiary alicyclic amines) is 1. The van der Waals surface area contributed by atoms with Gasteiger partial charge in [-0.3, -0.25) is 4.79 Å². The molecule has 1 amide bonds. The number of anilines is 1. The van der Waals surface area contributed by atoms with E-state index in [9.17, 15) is 4.79 Å². The summed E-state index contributed by atoms with van der Waals surface area (Å²) in [5.74, 6) is 0.569. The number of benzene rings is 1. The van der Waals surface area contributed by atoms with E-state index in [2.05, 4.69) is 13.8 Å². The Balaban J connectivity index is 2.33. The molecule has 0 spiro atoms. The fourth-order valence-electron chi connectivity index (χ4n) is 2.87. The van der Waals surface area contributed by atoms with Crippen molar-refractivity contribution in [2.75, 3.05) is 12.8 Å². The van der Waals surface area contributed by atoms with E-state index < -0.39 is 0 Å². The molecule has 1 aliphatic rings. The van der Waals surface area contributed by atoms with Crippen LogP contribution in [0.15, 0.2) is 18.2 Å². The molecule has 0 radical (unpaired) electrons. The molecule has 0 bridgehead atoms. The number of ether oxygens (including phenoxy) is 1. The molecule has 104 valence electrons. The fourth-order valence-corrected chi connectivity index (χ4v) is 2.87. The summed E-state index contributed by atoms with van der Waals surface area (Å²) in [7, 11) is 1.56. The minimum atomic E-state index is 0.0103. The Morgan fingerprint density at radius 1 is 1.32 bits per heavy atom. The van der Waals surface area contributed by atoms with Crippen molar-refractivity contribution < 1.29 is 9.53 Å². The molecule has 19 heavy (non-hydrogen) atoms. The van der Waals surface area contributed by atoms with Crippen molar-refractivity contribution in [3.63, 3.8) is 0 Å². The highest BCUT2D eigenvalue weighted by atomic mass is 16.5. The highest BCUT2D eigenvalue weighted by Crippen LogP contribution is 2.30. The van der Waals surface area contributed by atoms with Crippen molar-refractivity contribution >= 4 is 11.6 Å². The van der Waals surface area contributed by atoms with Crippen molar-refractivity contribution in [1.82, 2.24) is 4.90 Å². The minimum Gasteiger partial charge on any atom is -0.495 e. The molecule has 2 N–H and O–H groups in total. The molecule has 2 rings (SSSR count). The summed E-state index contributed by atoms with van der Waals surface area (Å²) >= 11 is 0. The zero-order chi connectivity index (χ0) is 14.0. The number of hydrogen-bond donors (Lipinski definition) is 1. The molecular formula is C15H22N2O2. The van der Waals surface area contributed by atoms with E-state index >= 15 is 0 Å². The molecule has 0 unspecified atom stereocenters. The Morgan fingerprint density at radius 3 is 2.53 bits per heavy atom. The topological polar surface area (TPSA) is 55.6 Å². The molecular weight excluding hydrogens is 240 g/mol. The number of amides is 1. The highest BCUT2D eigenvalue weighted by molar-refractivity contribution is 6.00. The maximum absolute atomic E-state index is 12.7. The smallest absolute Gasteiger partial charge is 0.256 e. The lowest BCUT2D eigenvalue weighted by atomic mass is 9.96. The third-order valence-electron chi connectivity index (χ3n) is 3.94. The molecule has 1 aliphatic heterocycles. The summed E-state index contributed by atoms with van der Waals surface area (Å²) in [6.45, 7) is 4.20. The van der Waals surface area contributed by atoms with Gasteiger partial charge in [-0.15, -0.1) is 0 Å². The van der Waals surface area contributed by atoms with Crippen molar-refractivity contribution in [3.05, 3.63) is 23.8 Å². The summed E-state index contributed by atoms with van der Waals surface area (Å²) in [6, 6.07) is 5.88. The lowest BCUT2D eigenvalue weighted by Gasteiger charge is -2.39. The van der Waals surface area contributed by atoms with E-state index in [1.54, 1.807) is 19.2 Å². The molecule has 1 aromatic carbocycles. The Morgan fingerprint density at radius 2 is 1.95 bits per heavy atom. The number of nitrogens with two attached hydrogens (primary N) is 1. The molecule has 1 fully saturated rings. The van der Waals surface area contributed by atoms with Gasteiger partial charge in [0.25, 0.3) is 5.91 Å². The molecule has 2 atom stereocenters. The van der Waals surface area contributed by atoms with Crippen LogP contribution in [-0.4, -0.2) is 30.0 Å². The predicted molar refractivity (Wildman–Crippen MR) is 76.4 cm³/mol. The third kappa shape index (κ3) is 2.53. The average molecular weight is 262 g/mol. The maximum atomic E-state index is 12.7. The maximum Gasteiger partial charge on any atom is 0.256 e. The van der Waals surface area contributed by atoms with E-state index in [0.717, 1.165) is 12.8 Å². The molecule has 1 saturated heterocycles. The quantitative estimate of drug-likeness (QED) is 0.834. The number of methoxy groups -OCH3 is 1. The van der Waals surface area contributed by atoms with E-state index in [4.69, 9.17) is 10.5 Å². The van der Waals surface area contributed by atoms with Crippen molar-refractivity contribution in [2.24, 2.45) is 0 Å². The van der Waals surface area contributed by atoms with Gasteiger partial charge in [0.1, 0.15) is 5.75 Å². The normalized spacial score (nSPS) is 23.2. The molecule has 0 aromatic heterocycles. The predicted octanol–water partition coefficient (Wildman–Crippen LogP) is 2.68. The summed E-state index contributed by atoms with van der Waals surface area (Å²) < 4.78 is 5.18. The number of rotatable bonds is 2. The van der Waals surface area contributed by atoms with Crippen molar-refractivity contribution in [1.29, 1.82) is 0 Å². The van der Waals surface area contributed by atoms with Crippen LogP contribution in [-0.2, 0) is 0 Å². The third-order valence-corrected chi connectivity index (χ3v) is 3.94. The first kappa shape index (κ1) is 13.7. The van der Waals surface area contributed by atoms with Gasteiger partial charge in [-0.05, 0) is 45.2 Å². The lowest BCUT2D eigenvalue weighted by Crippen LogP contribution is -2.47. The average Bonchev–Trinajstić information content (AvgIpc) is 2.38. The van der Waals surface area contributed by atoms with Crippen LogP contribution in [0.5, 0.6) is 5.75 Å². The van der Waals surface area contributed by atoms with Crippen LogP contribution in [0.2, 0.25) is 0 Å². The van der Waals surface area contributed by atoms with Crippen LogP contribution < -0.4 is 10.5 Å². The number of nitrogens with zero attached hydrogens (tertiary/aromatic N) is 1. The largest absolute Gasteiger partial charge is 0.495 e. The summed E-state index contributed by atoms with van der Waals surface area (Å²) in [4.78, 5) is 14.7. The number of piperidine rings is 1. The number of hydrogen-bond acceptors (Lipinski definition) is 3. The number of para-hydroxylation sites is 1. The molecule has 4 nitrogen and oxygen atoms in total. The van der Waals surface area contributed by atoms with Gasteiger partial charge in [-0.1, -0.05) is 6.07 Å². The molecule has 1 heterocycles. The summed E-state index contributed by atoms with van der Waals surface area (Å²) in [5, 5.41) is 0. The fraction of sp³-hybridized carbons (Fsp3) is 0.533. The Labute approximate surface area is 114 Å². The molecule has 4 heteroatoms. The van der Waals surface area contributed by atoms with Gasteiger partial charge < -0.3 is 15.4 Å². The second-order valence-electron chi connectivity index (χ2n) is 5.26. The van der Waals surface area contributed by atoms with Crippen LogP contribution in [0.25, 0.3) is 0 Å². The van der Waals surface area contributed by atoms with Crippen LogP contribution in [0.3, 0.4) is 0 Å². The van der Waals surface area contributed by atoms with Crippen LogP contribution in [0.1, 0.15) is 43.5 Å². The van der Waals surface area contributed by atoms with Crippen LogP contribution >= 0.6 is 0 Å². The molecule has 0 saturated carbocycles. The summed E-state index contributed by atoms with van der Waals surface area (Å²) in [5.41, 5.74) is 6.99. The van der Waals surface area contributed by atoms with E-state index in [-0.39, 0.29) is 18.0 Å². The van der Waals surface area contributed by atoms with Gasteiger partial charge in [0.05, 0.1) is 18.4 Å². The first-order valence-electron chi connectivity index (χ1n) is 6.81. The first-order valence-corrected chi connectivity index (χ1v) is 6.81. The van der Waals surface area contributed by atoms with E-state index in [1.807, 2.05) is 11.0 Å². The van der Waals surface area contributed by atoms with Crippen molar-refractivity contribution in [3.8, 4) is 5.75 Å². The number of carbonyl (C=O) groups is 1. The van der Waals surface area contributed by atoms with Gasteiger partial charge in [0, 0.05) is 12.1 Å².